The van der Waals surface area contributed by atoms with Crippen LogP contribution >= 0.6 is 0 Å². The quantitative estimate of drug-likeness (QED) is 0.624. The molecule has 2 aliphatic rings. The van der Waals surface area contributed by atoms with Crippen LogP contribution in [0, 0.1) is 5.41 Å². The van der Waals surface area contributed by atoms with Gasteiger partial charge in [-0.2, -0.15) is 0 Å². The summed E-state index contributed by atoms with van der Waals surface area (Å²) in [7, 11) is 0. The highest BCUT2D eigenvalue weighted by Crippen LogP contribution is 2.43. The van der Waals surface area contributed by atoms with Crippen LogP contribution < -0.4 is 0 Å². The van der Waals surface area contributed by atoms with Crippen LogP contribution in [0.3, 0.4) is 0 Å². The second kappa shape index (κ2) is 3.37. The molecule has 1 nitrogen and oxygen atoms in total. The summed E-state index contributed by atoms with van der Waals surface area (Å²) in [6, 6.07) is 0. The van der Waals surface area contributed by atoms with Crippen molar-refractivity contribution in [2.45, 2.75) is 45.4 Å². The molecule has 70 valence electrons. The van der Waals surface area contributed by atoms with Crippen molar-refractivity contribution in [3.63, 3.8) is 0 Å². The molecule has 0 unspecified atom stereocenters. The first kappa shape index (κ1) is 8.55. The van der Waals surface area contributed by atoms with E-state index in [0.717, 1.165) is 5.41 Å². The largest absolute Gasteiger partial charge is 0.303 e. The van der Waals surface area contributed by atoms with E-state index in [1.54, 1.807) is 0 Å². The van der Waals surface area contributed by atoms with Gasteiger partial charge in [0.15, 0.2) is 0 Å². The zero-order valence-electron chi connectivity index (χ0n) is 8.31. The van der Waals surface area contributed by atoms with Gasteiger partial charge in [0.25, 0.3) is 0 Å². The van der Waals surface area contributed by atoms with E-state index in [9.17, 15) is 0 Å². The molecule has 0 radical (unpaired) electrons. The van der Waals surface area contributed by atoms with Gasteiger partial charge in [-0.3, -0.25) is 0 Å². The van der Waals surface area contributed by atoms with Crippen molar-refractivity contribution in [3.8, 4) is 0 Å². The molecule has 1 heterocycles. The molecule has 1 heteroatoms. The van der Waals surface area contributed by atoms with Crippen molar-refractivity contribution in [2.24, 2.45) is 5.41 Å². The Morgan fingerprint density at radius 2 is 1.75 bits per heavy atom. The summed E-state index contributed by atoms with van der Waals surface area (Å²) in [5, 5.41) is 0. The fourth-order valence-corrected chi connectivity index (χ4v) is 2.46. The maximum atomic E-state index is 2.64. The van der Waals surface area contributed by atoms with E-state index >= 15 is 0 Å². The van der Waals surface area contributed by atoms with Crippen LogP contribution in [0.1, 0.15) is 45.4 Å². The Hall–Kier alpha value is -0.0400. The first-order valence-electron chi connectivity index (χ1n) is 5.51. The third-order valence-corrected chi connectivity index (χ3v) is 3.79. The van der Waals surface area contributed by atoms with Crippen LogP contribution in [0.15, 0.2) is 0 Å². The summed E-state index contributed by atoms with van der Waals surface area (Å²) >= 11 is 0. The highest BCUT2D eigenvalue weighted by atomic mass is 15.1. The molecule has 2 rings (SSSR count). The van der Waals surface area contributed by atoms with Gasteiger partial charge in [0.1, 0.15) is 0 Å². The van der Waals surface area contributed by atoms with Gasteiger partial charge in [0.05, 0.1) is 0 Å². The van der Waals surface area contributed by atoms with E-state index in [4.69, 9.17) is 0 Å². The third-order valence-electron chi connectivity index (χ3n) is 3.79. The molecule has 0 N–H and O–H groups in total. The summed E-state index contributed by atoms with van der Waals surface area (Å²) in [4.78, 5) is 2.64. The van der Waals surface area contributed by atoms with Gasteiger partial charge in [-0.15, -0.1) is 0 Å². The molecule has 0 aromatic heterocycles. The van der Waals surface area contributed by atoms with Gasteiger partial charge in [-0.1, -0.05) is 13.3 Å². The fourth-order valence-electron chi connectivity index (χ4n) is 2.46. The number of rotatable bonds is 3. The van der Waals surface area contributed by atoms with E-state index < -0.39 is 0 Å². The monoisotopic (exact) mass is 167 g/mol. The molecule has 0 atom stereocenters. The Labute approximate surface area is 76.1 Å². The Bertz CT molecular complexity index is 143. The van der Waals surface area contributed by atoms with Crippen molar-refractivity contribution < 1.29 is 0 Å². The van der Waals surface area contributed by atoms with E-state index in [1.807, 2.05) is 0 Å². The molecule has 1 saturated heterocycles. The van der Waals surface area contributed by atoms with E-state index in [-0.39, 0.29) is 0 Å². The fraction of sp³-hybridized carbons (Fsp3) is 1.00. The Balaban J connectivity index is 1.67. The standard InChI is InChI=1S/C11H21N/c1-11(5-4-6-11)7-10-12-8-2-3-9-12/h2-10H2,1H3. The topological polar surface area (TPSA) is 3.24 Å². The molecular formula is C11H21N. The van der Waals surface area contributed by atoms with Crippen molar-refractivity contribution in [2.75, 3.05) is 19.6 Å². The molecule has 0 aromatic rings. The number of likely N-dealkylation sites (tertiary alicyclic amines) is 1. The maximum Gasteiger partial charge on any atom is -0.00135 e. The van der Waals surface area contributed by atoms with Crippen LogP contribution in [-0.4, -0.2) is 24.5 Å². The molecule has 0 bridgehead atoms. The SMILES string of the molecule is CC1(CCN2CCCC2)CCC1. The Morgan fingerprint density at radius 3 is 2.25 bits per heavy atom. The molecule has 0 spiro atoms. The highest BCUT2D eigenvalue weighted by Gasteiger charge is 2.31. The average Bonchev–Trinajstić information content (AvgIpc) is 2.49. The summed E-state index contributed by atoms with van der Waals surface area (Å²) in [6.45, 7) is 6.58. The first-order valence-corrected chi connectivity index (χ1v) is 5.51. The van der Waals surface area contributed by atoms with Gasteiger partial charge in [-0.05, 0) is 57.2 Å². The molecule has 1 aliphatic heterocycles. The summed E-state index contributed by atoms with van der Waals surface area (Å²) in [5.41, 5.74) is 0.739. The third kappa shape index (κ3) is 1.82. The van der Waals surface area contributed by atoms with Gasteiger partial charge < -0.3 is 4.90 Å². The predicted molar refractivity (Wildman–Crippen MR) is 52.2 cm³/mol. The maximum absolute atomic E-state index is 2.64. The highest BCUT2D eigenvalue weighted by molar-refractivity contribution is 4.84. The van der Waals surface area contributed by atoms with Crippen LogP contribution in [-0.2, 0) is 0 Å². The lowest BCUT2D eigenvalue weighted by atomic mass is 9.68. The van der Waals surface area contributed by atoms with Crippen molar-refractivity contribution in [3.05, 3.63) is 0 Å². The number of hydrogen-bond acceptors (Lipinski definition) is 1. The van der Waals surface area contributed by atoms with Gasteiger partial charge in [-0.25, -0.2) is 0 Å². The predicted octanol–water partition coefficient (Wildman–Crippen LogP) is 2.66. The van der Waals surface area contributed by atoms with Gasteiger partial charge in [0.2, 0.25) is 0 Å². The van der Waals surface area contributed by atoms with Crippen molar-refractivity contribution >= 4 is 0 Å². The molecule has 0 amide bonds. The number of hydrogen-bond donors (Lipinski definition) is 0. The minimum absolute atomic E-state index is 0.739. The zero-order valence-corrected chi connectivity index (χ0v) is 8.31. The van der Waals surface area contributed by atoms with Crippen LogP contribution in [0.4, 0.5) is 0 Å². The van der Waals surface area contributed by atoms with E-state index in [2.05, 4.69) is 11.8 Å². The Morgan fingerprint density at radius 1 is 1.08 bits per heavy atom. The normalized spacial score (nSPS) is 28.8. The second-order valence-corrected chi connectivity index (χ2v) is 4.96. The molecule has 1 aliphatic carbocycles. The van der Waals surface area contributed by atoms with Crippen molar-refractivity contribution in [1.82, 2.24) is 4.90 Å². The van der Waals surface area contributed by atoms with E-state index in [0.29, 0.717) is 0 Å². The summed E-state index contributed by atoms with van der Waals surface area (Å²) < 4.78 is 0. The second-order valence-electron chi connectivity index (χ2n) is 4.96. The Kier molecular flexibility index (Phi) is 2.40. The molecule has 12 heavy (non-hydrogen) atoms. The van der Waals surface area contributed by atoms with Gasteiger partial charge in [0, 0.05) is 0 Å². The minimum Gasteiger partial charge on any atom is -0.303 e. The molecular weight excluding hydrogens is 146 g/mol. The van der Waals surface area contributed by atoms with Crippen LogP contribution in [0.2, 0.25) is 0 Å². The molecule has 1 saturated carbocycles. The van der Waals surface area contributed by atoms with Crippen LogP contribution in [0.25, 0.3) is 0 Å². The zero-order chi connectivity index (χ0) is 8.44. The average molecular weight is 167 g/mol. The first-order chi connectivity index (χ1) is 5.79. The lowest BCUT2D eigenvalue weighted by Crippen LogP contribution is -2.31. The van der Waals surface area contributed by atoms with Crippen LogP contribution in [0.5, 0.6) is 0 Å². The van der Waals surface area contributed by atoms with Gasteiger partial charge >= 0.3 is 0 Å². The molecule has 2 fully saturated rings. The molecule has 0 aromatic carbocycles. The minimum atomic E-state index is 0.739. The van der Waals surface area contributed by atoms with Crippen molar-refractivity contribution in [1.29, 1.82) is 0 Å². The van der Waals surface area contributed by atoms with E-state index in [1.165, 1.54) is 58.2 Å². The summed E-state index contributed by atoms with van der Waals surface area (Å²) in [5.74, 6) is 0. The smallest absolute Gasteiger partial charge is 0.00135 e. The lowest BCUT2D eigenvalue weighted by molar-refractivity contribution is 0.125. The lowest BCUT2D eigenvalue weighted by Gasteiger charge is -2.39. The number of nitrogens with zero attached hydrogens (tertiary/aromatic N) is 1. The summed E-state index contributed by atoms with van der Waals surface area (Å²) in [6.07, 6.45) is 8.79.